The van der Waals surface area contributed by atoms with Gasteiger partial charge >= 0.3 is 0 Å². The van der Waals surface area contributed by atoms with E-state index in [-0.39, 0.29) is 0 Å². The molecule has 0 aliphatic heterocycles. The van der Waals surface area contributed by atoms with E-state index >= 15 is 0 Å². The van der Waals surface area contributed by atoms with Crippen LogP contribution in [0.5, 0.6) is 0 Å². The molecule has 2 N–H and O–H groups in total. The first-order chi connectivity index (χ1) is 10.1. The molecular weight excluding hydrogens is 328 g/mol. The Hall–Kier alpha value is -2.20. The number of fused-ring (bicyclic) bond motifs is 1. The summed E-state index contributed by atoms with van der Waals surface area (Å²) in [6, 6.07) is 13.8. The Bertz CT molecular complexity index is 859. The number of carbonyl (C=O) groups excluding carboxylic acids is 1. The molecule has 104 valence electrons. The molecule has 3 rings (SSSR count). The van der Waals surface area contributed by atoms with Gasteiger partial charge in [-0.25, -0.2) is 0 Å². The van der Waals surface area contributed by atoms with Gasteiger partial charge in [0.15, 0.2) is 0 Å². The van der Waals surface area contributed by atoms with Crippen LogP contribution in [0, 0.1) is 6.92 Å². The van der Waals surface area contributed by atoms with Gasteiger partial charge in [-0.05, 0) is 41.0 Å². The van der Waals surface area contributed by atoms with E-state index in [0.29, 0.717) is 5.69 Å². The fourth-order valence-electron chi connectivity index (χ4n) is 2.59. The number of nitrogens with zero attached hydrogens (tertiary/aromatic N) is 1. The topological polar surface area (TPSA) is 56.0 Å². The molecule has 0 saturated heterocycles. The van der Waals surface area contributed by atoms with Crippen LogP contribution in [0.2, 0.25) is 0 Å². The molecule has 0 radical (unpaired) electrons. The fourth-order valence-corrected chi connectivity index (χ4v) is 3.05. The zero-order valence-electron chi connectivity index (χ0n) is 11.4. The van der Waals surface area contributed by atoms with Gasteiger partial charge in [0.1, 0.15) is 5.69 Å². The van der Waals surface area contributed by atoms with Crippen LogP contribution in [-0.4, -0.2) is 10.9 Å². The van der Waals surface area contributed by atoms with Crippen LogP contribution in [0.3, 0.4) is 0 Å². The second-order valence-corrected chi connectivity index (χ2v) is 5.71. The molecule has 3 aromatic rings. The van der Waals surface area contributed by atoms with Crippen molar-refractivity contribution < 1.29 is 4.79 Å². The summed E-state index contributed by atoms with van der Waals surface area (Å²) >= 11 is 3.58. The number of benzene rings is 2. The highest BCUT2D eigenvalue weighted by Crippen LogP contribution is 2.35. The van der Waals surface area contributed by atoms with Crippen molar-refractivity contribution in [2.45, 2.75) is 6.92 Å². The van der Waals surface area contributed by atoms with Crippen molar-refractivity contribution in [3.63, 3.8) is 0 Å². The van der Waals surface area contributed by atoms with Crippen LogP contribution in [0.25, 0.3) is 21.9 Å². The number of primary amides is 1. The van der Waals surface area contributed by atoms with Crippen LogP contribution < -0.4 is 5.73 Å². The monoisotopic (exact) mass is 340 g/mol. The number of aryl methyl sites for hydroxylation is 1. The predicted octanol–water partition coefficient (Wildman–Crippen LogP) is 4.07. The summed E-state index contributed by atoms with van der Waals surface area (Å²) in [6.45, 7) is 2.05. The third-order valence-corrected chi connectivity index (χ3v) is 4.22. The van der Waals surface area contributed by atoms with Crippen LogP contribution in [0.4, 0.5) is 0 Å². The van der Waals surface area contributed by atoms with Gasteiger partial charge in [0.05, 0.1) is 0 Å². The third kappa shape index (κ3) is 2.32. The summed E-state index contributed by atoms with van der Waals surface area (Å²) in [5.41, 5.74) is 8.62. The molecule has 1 aromatic heterocycles. The highest BCUT2D eigenvalue weighted by molar-refractivity contribution is 9.10. The van der Waals surface area contributed by atoms with E-state index in [1.807, 2.05) is 30.3 Å². The lowest BCUT2D eigenvalue weighted by atomic mass is 9.94. The van der Waals surface area contributed by atoms with Gasteiger partial charge in [-0.1, -0.05) is 46.3 Å². The number of carbonyl (C=O) groups is 1. The molecule has 21 heavy (non-hydrogen) atoms. The first kappa shape index (κ1) is 13.8. The molecule has 1 heterocycles. The van der Waals surface area contributed by atoms with E-state index in [4.69, 9.17) is 5.73 Å². The van der Waals surface area contributed by atoms with Crippen LogP contribution >= 0.6 is 15.9 Å². The summed E-state index contributed by atoms with van der Waals surface area (Å²) < 4.78 is 1.02. The van der Waals surface area contributed by atoms with Gasteiger partial charge in [-0.2, -0.15) is 0 Å². The third-order valence-electron chi connectivity index (χ3n) is 3.53. The smallest absolute Gasteiger partial charge is 0.267 e. The predicted molar refractivity (Wildman–Crippen MR) is 88.1 cm³/mol. The minimum Gasteiger partial charge on any atom is -0.364 e. The van der Waals surface area contributed by atoms with Crippen molar-refractivity contribution in [2.24, 2.45) is 5.73 Å². The molecule has 3 nitrogen and oxygen atoms in total. The zero-order valence-corrected chi connectivity index (χ0v) is 13.0. The standard InChI is InChI=1S/C17H13BrN2O/c1-10-7-8-14(18)13-5-2-4-11(15(10)13)12-6-3-9-20-16(12)17(19)21/h2-9H,1H3,(H2,19,21). The fraction of sp³-hybridized carbons (Fsp3) is 0.0588. The van der Waals surface area contributed by atoms with Crippen molar-refractivity contribution in [2.75, 3.05) is 0 Å². The lowest BCUT2D eigenvalue weighted by Crippen LogP contribution is -2.14. The van der Waals surface area contributed by atoms with Crippen molar-refractivity contribution >= 4 is 32.6 Å². The molecule has 0 atom stereocenters. The number of halogens is 1. The molecule has 4 heteroatoms. The van der Waals surface area contributed by atoms with E-state index in [2.05, 4.69) is 40.0 Å². The molecule has 0 bridgehead atoms. The summed E-state index contributed by atoms with van der Waals surface area (Å²) in [5, 5.41) is 2.20. The molecule has 0 spiro atoms. The Kier molecular flexibility index (Phi) is 3.47. The Labute approximate surface area is 130 Å². The van der Waals surface area contributed by atoms with Gasteiger partial charge in [-0.3, -0.25) is 9.78 Å². The average molecular weight is 341 g/mol. The van der Waals surface area contributed by atoms with Crippen LogP contribution in [0.15, 0.2) is 53.1 Å². The van der Waals surface area contributed by atoms with Crippen molar-refractivity contribution in [1.29, 1.82) is 0 Å². The Balaban J connectivity index is 2.42. The maximum atomic E-state index is 11.6. The number of amides is 1. The highest BCUT2D eigenvalue weighted by atomic mass is 79.9. The molecule has 0 unspecified atom stereocenters. The summed E-state index contributed by atoms with van der Waals surface area (Å²) in [6.07, 6.45) is 1.58. The number of rotatable bonds is 2. The highest BCUT2D eigenvalue weighted by Gasteiger charge is 2.15. The number of hydrogen-bond acceptors (Lipinski definition) is 2. The van der Waals surface area contributed by atoms with Crippen LogP contribution in [-0.2, 0) is 0 Å². The number of hydrogen-bond donors (Lipinski definition) is 1. The molecule has 0 fully saturated rings. The SMILES string of the molecule is Cc1ccc(Br)c2cccc(-c3cccnc3C(N)=O)c12. The summed E-state index contributed by atoms with van der Waals surface area (Å²) in [7, 11) is 0. The summed E-state index contributed by atoms with van der Waals surface area (Å²) in [4.78, 5) is 15.8. The Morgan fingerprint density at radius 3 is 2.62 bits per heavy atom. The van der Waals surface area contributed by atoms with Gasteiger partial charge < -0.3 is 5.73 Å². The maximum absolute atomic E-state index is 11.6. The van der Waals surface area contributed by atoms with Gasteiger partial charge in [-0.15, -0.1) is 0 Å². The van der Waals surface area contributed by atoms with Gasteiger partial charge in [0.2, 0.25) is 0 Å². The normalized spacial score (nSPS) is 10.8. The van der Waals surface area contributed by atoms with E-state index < -0.39 is 5.91 Å². The van der Waals surface area contributed by atoms with Gasteiger partial charge in [0, 0.05) is 16.2 Å². The zero-order chi connectivity index (χ0) is 15.0. The lowest BCUT2D eigenvalue weighted by Gasteiger charge is -2.12. The van der Waals surface area contributed by atoms with Crippen LogP contribution in [0.1, 0.15) is 16.1 Å². The van der Waals surface area contributed by atoms with Crippen molar-refractivity contribution in [3.8, 4) is 11.1 Å². The van der Waals surface area contributed by atoms with E-state index in [9.17, 15) is 4.79 Å². The number of nitrogens with two attached hydrogens (primary N) is 1. The molecule has 0 aliphatic carbocycles. The first-order valence-electron chi connectivity index (χ1n) is 6.52. The van der Waals surface area contributed by atoms with Gasteiger partial charge in [0.25, 0.3) is 5.91 Å². The van der Waals surface area contributed by atoms with E-state index in [1.54, 1.807) is 6.20 Å². The second kappa shape index (κ2) is 5.30. The first-order valence-corrected chi connectivity index (χ1v) is 7.32. The van der Waals surface area contributed by atoms with Crippen molar-refractivity contribution in [1.82, 2.24) is 4.98 Å². The summed E-state index contributed by atoms with van der Waals surface area (Å²) in [5.74, 6) is -0.518. The molecule has 0 aliphatic rings. The molecular formula is C17H13BrN2O. The average Bonchev–Trinajstić information content (AvgIpc) is 2.50. The molecule has 2 aromatic carbocycles. The lowest BCUT2D eigenvalue weighted by molar-refractivity contribution is 0.0996. The Morgan fingerprint density at radius 1 is 1.10 bits per heavy atom. The maximum Gasteiger partial charge on any atom is 0.267 e. The Morgan fingerprint density at radius 2 is 1.86 bits per heavy atom. The minimum atomic E-state index is -0.518. The second-order valence-electron chi connectivity index (χ2n) is 4.86. The minimum absolute atomic E-state index is 0.296. The van der Waals surface area contributed by atoms with Crippen molar-refractivity contribution in [3.05, 3.63) is 64.4 Å². The number of pyridine rings is 1. The van der Waals surface area contributed by atoms with E-state index in [1.165, 1.54) is 0 Å². The quantitative estimate of drug-likeness (QED) is 0.764. The largest absolute Gasteiger partial charge is 0.364 e. The molecule has 0 saturated carbocycles. The van der Waals surface area contributed by atoms with E-state index in [0.717, 1.165) is 31.9 Å². The number of aromatic nitrogens is 1. The molecule has 1 amide bonds.